The molecule has 7 heteroatoms. The second-order valence-corrected chi connectivity index (χ2v) is 9.18. The zero-order valence-corrected chi connectivity index (χ0v) is 11.7. The monoisotopic (exact) mass is 291 g/mol. The first-order chi connectivity index (χ1) is 9.57. The second kappa shape index (κ2) is 2.14. The number of rotatable bonds is 0. The van der Waals surface area contributed by atoms with E-state index in [-0.39, 0.29) is 34.3 Å². The molecular weight excluding hydrogens is 278 g/mol. The first-order valence-electron chi connectivity index (χ1n) is 7.32. The molecule has 1 unspecified atom stereocenters. The molecule has 5 fully saturated rings. The molecular formula is C13H13N3O3S. The van der Waals surface area contributed by atoms with E-state index in [9.17, 15) is 13.8 Å². The summed E-state index contributed by atoms with van der Waals surface area (Å²) in [5, 5.41) is 0. The van der Waals surface area contributed by atoms with Crippen LogP contribution in [0.25, 0.3) is 0 Å². The third kappa shape index (κ3) is 0.484. The number of aromatic nitrogens is 3. The van der Waals surface area contributed by atoms with E-state index in [0.29, 0.717) is 11.8 Å². The molecule has 20 heavy (non-hydrogen) atoms. The van der Waals surface area contributed by atoms with Crippen LogP contribution in [0.1, 0.15) is 12.1 Å². The van der Waals surface area contributed by atoms with Crippen molar-refractivity contribution >= 4 is 10.8 Å². The van der Waals surface area contributed by atoms with Crippen molar-refractivity contribution in [2.75, 3.05) is 11.5 Å². The fourth-order valence-electron chi connectivity index (χ4n) is 7.93. The first kappa shape index (κ1) is 9.76. The van der Waals surface area contributed by atoms with E-state index in [0.717, 1.165) is 23.3 Å². The van der Waals surface area contributed by atoms with Gasteiger partial charge in [-0.15, -0.1) is 0 Å². The highest BCUT2D eigenvalue weighted by atomic mass is 32.2. The lowest BCUT2D eigenvalue weighted by molar-refractivity contribution is -0.533. The molecule has 3 aliphatic heterocycles. The van der Waals surface area contributed by atoms with Crippen molar-refractivity contribution in [1.29, 1.82) is 0 Å². The molecule has 0 radical (unpaired) electrons. The minimum absolute atomic E-state index is 0.115. The minimum Gasteiger partial charge on any atom is -0.260 e. The van der Waals surface area contributed by atoms with Gasteiger partial charge in [0.05, 0.1) is 12.1 Å². The molecule has 0 aromatic carbocycles. The predicted molar refractivity (Wildman–Crippen MR) is 68.7 cm³/mol. The van der Waals surface area contributed by atoms with Crippen LogP contribution in [0.15, 0.2) is 9.59 Å². The van der Waals surface area contributed by atoms with Crippen LogP contribution >= 0.6 is 0 Å². The average molecular weight is 291 g/mol. The summed E-state index contributed by atoms with van der Waals surface area (Å²) < 4.78 is 17.0. The third-order valence-electron chi connectivity index (χ3n) is 8.03. The van der Waals surface area contributed by atoms with E-state index < -0.39 is 10.8 Å². The van der Waals surface area contributed by atoms with Crippen LogP contribution in [0.3, 0.4) is 0 Å². The van der Waals surface area contributed by atoms with Crippen molar-refractivity contribution in [3.63, 3.8) is 0 Å². The number of hydrogen-bond acceptors (Lipinski definition) is 3. The van der Waals surface area contributed by atoms with Gasteiger partial charge in [-0.05, 0) is 23.7 Å². The van der Waals surface area contributed by atoms with E-state index in [4.69, 9.17) is 0 Å². The van der Waals surface area contributed by atoms with Crippen molar-refractivity contribution in [3.8, 4) is 0 Å². The van der Waals surface area contributed by atoms with Gasteiger partial charge in [0.2, 0.25) is 0 Å². The molecule has 2 bridgehead atoms. The molecule has 0 amide bonds. The van der Waals surface area contributed by atoms with Crippen molar-refractivity contribution < 1.29 is 4.21 Å². The van der Waals surface area contributed by atoms with Gasteiger partial charge in [0, 0.05) is 40.2 Å². The maximum atomic E-state index is 12.4. The second-order valence-electron chi connectivity index (χ2n) is 7.72. The molecule has 9 atom stereocenters. The molecule has 6 nitrogen and oxygen atoms in total. The lowest BCUT2D eigenvalue weighted by atomic mass is 9.06. The summed E-state index contributed by atoms with van der Waals surface area (Å²) in [5.41, 5.74) is -0.107. The highest BCUT2D eigenvalue weighted by Gasteiger charge is 3.04. The van der Waals surface area contributed by atoms with Crippen LogP contribution in [0.2, 0.25) is 0 Å². The number of nitrogens with zero attached hydrogens (tertiary/aromatic N) is 3. The van der Waals surface area contributed by atoms with Crippen molar-refractivity contribution in [2.24, 2.45) is 41.5 Å². The zero-order valence-electron chi connectivity index (χ0n) is 10.9. The van der Waals surface area contributed by atoms with Gasteiger partial charge in [0.25, 0.3) is 0 Å². The van der Waals surface area contributed by atoms with E-state index in [1.165, 1.54) is 4.57 Å². The highest BCUT2D eigenvalue weighted by molar-refractivity contribution is 7.85. The molecule has 2 spiro atoms. The van der Waals surface area contributed by atoms with Gasteiger partial charge in [-0.1, -0.05) is 0 Å². The molecule has 1 aromatic heterocycles. The fourth-order valence-corrected chi connectivity index (χ4v) is 10.4. The summed E-state index contributed by atoms with van der Waals surface area (Å²) in [6, 6.07) is 0.334. The Kier molecular flexibility index (Phi) is 1.04. The highest BCUT2D eigenvalue weighted by Crippen LogP contribution is 3.03. The Morgan fingerprint density at radius 3 is 1.90 bits per heavy atom. The zero-order chi connectivity index (χ0) is 13.3. The number of hydrogen-bond donors (Lipinski definition) is 0. The van der Waals surface area contributed by atoms with Gasteiger partial charge >= 0.3 is 11.4 Å². The maximum absolute atomic E-state index is 12.4. The summed E-state index contributed by atoms with van der Waals surface area (Å²) in [4.78, 5) is 24.8. The lowest BCUT2D eigenvalue weighted by Gasteiger charge is -2.99. The van der Waals surface area contributed by atoms with E-state index >= 15 is 0 Å². The van der Waals surface area contributed by atoms with E-state index in [2.05, 4.69) is 0 Å². The predicted octanol–water partition coefficient (Wildman–Crippen LogP) is -1.30. The normalized spacial score (nSPS) is 64.3. The first-order valence-corrected chi connectivity index (χ1v) is 8.81. The minimum atomic E-state index is -0.755. The molecule has 4 saturated carbocycles. The SMILES string of the molecule is Cn1c(=O)n2n(c1=O)[C@H]1[C@@H]3[C@@H]4[C@@H]5[C@@H]3[C@]13CS(=O)C[C@@]53[C@H]42. The Morgan fingerprint density at radius 2 is 1.45 bits per heavy atom. The Bertz CT molecular complexity index is 841. The lowest BCUT2D eigenvalue weighted by Crippen LogP contribution is -3.00. The topological polar surface area (TPSA) is 66.0 Å². The molecule has 1 saturated heterocycles. The summed E-state index contributed by atoms with van der Waals surface area (Å²) in [5.74, 6) is 4.18. The Morgan fingerprint density at radius 1 is 1.00 bits per heavy atom. The quantitative estimate of drug-likeness (QED) is 0.597. The summed E-state index contributed by atoms with van der Waals surface area (Å²) in [7, 11) is 0.824. The van der Waals surface area contributed by atoms with Crippen LogP contribution in [0.4, 0.5) is 0 Å². The van der Waals surface area contributed by atoms with Crippen LogP contribution in [0.5, 0.6) is 0 Å². The van der Waals surface area contributed by atoms with Crippen LogP contribution in [0, 0.1) is 34.5 Å². The van der Waals surface area contributed by atoms with Crippen molar-refractivity contribution in [3.05, 3.63) is 21.0 Å². The maximum Gasteiger partial charge on any atom is 0.347 e. The molecule has 4 aliphatic carbocycles. The Hall–Kier alpha value is -1.11. The van der Waals surface area contributed by atoms with Crippen molar-refractivity contribution in [2.45, 2.75) is 12.1 Å². The standard InChI is InChI=1S/C13H13N3O3S/c1-14-10(17)15-8-4-5-7-6(4)12(8)2-20(19)3-13(7,12)9(5)16(15)11(14)18/h4-9H,2-3H2,1H3/t4-,5-,6-,7-,8+,9+,12-,13+,20?/m1/s1. The molecule has 0 N–H and O–H groups in total. The Balaban J connectivity index is 1.67. The van der Waals surface area contributed by atoms with Gasteiger partial charge in [-0.2, -0.15) is 0 Å². The summed E-state index contributed by atoms with van der Waals surface area (Å²) in [6.45, 7) is 0. The van der Waals surface area contributed by atoms with Gasteiger partial charge < -0.3 is 0 Å². The van der Waals surface area contributed by atoms with Gasteiger partial charge in [-0.3, -0.25) is 4.21 Å². The van der Waals surface area contributed by atoms with Gasteiger partial charge in [0.15, 0.2) is 0 Å². The average Bonchev–Trinajstić information content (AvgIpc) is 2.81. The molecule has 8 rings (SSSR count). The van der Waals surface area contributed by atoms with E-state index in [1.807, 2.05) is 0 Å². The van der Waals surface area contributed by atoms with Gasteiger partial charge in [0.1, 0.15) is 0 Å². The molecule has 104 valence electrons. The summed E-state index contributed by atoms with van der Waals surface area (Å²) in [6.07, 6.45) is 0. The largest absolute Gasteiger partial charge is 0.347 e. The van der Waals surface area contributed by atoms with E-state index in [1.54, 1.807) is 16.4 Å². The molecule has 7 aliphatic rings. The molecule has 1 aromatic rings. The van der Waals surface area contributed by atoms with Gasteiger partial charge in [-0.25, -0.2) is 23.5 Å². The Labute approximate surface area is 115 Å². The van der Waals surface area contributed by atoms with Crippen LogP contribution in [-0.2, 0) is 17.8 Å². The fraction of sp³-hybridized carbons (Fsp3) is 0.846. The van der Waals surface area contributed by atoms with Crippen LogP contribution < -0.4 is 11.4 Å². The summed E-state index contributed by atoms with van der Waals surface area (Å²) >= 11 is 0. The third-order valence-corrected chi connectivity index (χ3v) is 9.63. The van der Waals surface area contributed by atoms with Crippen molar-refractivity contribution in [1.82, 2.24) is 13.9 Å². The molecule has 4 heterocycles. The van der Waals surface area contributed by atoms with Crippen LogP contribution in [-0.4, -0.2) is 29.6 Å². The smallest absolute Gasteiger partial charge is 0.260 e.